The summed E-state index contributed by atoms with van der Waals surface area (Å²) >= 11 is 6.06. The number of rotatable bonds is 4. The Morgan fingerprint density at radius 1 is 1.33 bits per heavy atom. The molecule has 0 saturated heterocycles. The minimum atomic E-state index is -0.330. The van der Waals surface area contributed by atoms with Gasteiger partial charge in [0.25, 0.3) is 0 Å². The first-order chi connectivity index (χ1) is 11.6. The van der Waals surface area contributed by atoms with Crippen molar-refractivity contribution in [2.24, 2.45) is 0 Å². The van der Waals surface area contributed by atoms with E-state index in [0.29, 0.717) is 28.8 Å². The molecule has 1 aromatic heterocycles. The molecule has 5 N–H and O–H groups in total. The molecule has 2 amide bonds. The number of carbonyl (C=O) groups is 1. The van der Waals surface area contributed by atoms with Crippen molar-refractivity contribution in [3.63, 3.8) is 0 Å². The molecule has 0 fully saturated rings. The highest BCUT2D eigenvalue weighted by atomic mass is 35.5. The number of aromatic amines is 1. The molecule has 1 heterocycles. The number of amides is 2. The van der Waals surface area contributed by atoms with Crippen molar-refractivity contribution in [1.29, 1.82) is 0 Å². The number of hydrogen-bond donors (Lipinski definition) is 4. The van der Waals surface area contributed by atoms with Crippen molar-refractivity contribution in [1.82, 2.24) is 15.5 Å². The van der Waals surface area contributed by atoms with Crippen molar-refractivity contribution in [3.05, 3.63) is 47.0 Å². The van der Waals surface area contributed by atoms with Gasteiger partial charge in [-0.2, -0.15) is 5.10 Å². The molecule has 0 radical (unpaired) electrons. The van der Waals surface area contributed by atoms with Gasteiger partial charge in [0.05, 0.1) is 17.6 Å². The number of anilines is 2. The maximum atomic E-state index is 12.0. The average molecular weight is 346 g/mol. The predicted molar refractivity (Wildman–Crippen MR) is 94.4 cm³/mol. The van der Waals surface area contributed by atoms with Gasteiger partial charge in [-0.15, -0.1) is 0 Å². The fraction of sp³-hybridized carbons (Fsp3) is 0.125. The van der Waals surface area contributed by atoms with Gasteiger partial charge in [-0.1, -0.05) is 17.7 Å². The lowest BCUT2D eigenvalue weighted by molar-refractivity contribution is 0.251. The summed E-state index contributed by atoms with van der Waals surface area (Å²) in [5.74, 6) is 0.984. The summed E-state index contributed by atoms with van der Waals surface area (Å²) in [4.78, 5) is 12.0. The van der Waals surface area contributed by atoms with E-state index in [0.717, 1.165) is 16.5 Å². The summed E-state index contributed by atoms with van der Waals surface area (Å²) in [7, 11) is 1.55. The molecule has 8 heteroatoms. The zero-order valence-electron chi connectivity index (χ0n) is 12.9. The molecule has 2 aromatic carbocycles. The Bertz CT molecular complexity index is 893. The van der Waals surface area contributed by atoms with Crippen LogP contribution in [-0.2, 0) is 6.54 Å². The molecule has 0 aliphatic rings. The standard InChI is InChI=1S/C16H16ClN5O2/c1-24-14-5-2-9(6-12(14)17)8-19-16(23)20-10-3-4-13-11(7-10)15(18)22-21-13/h2-7H,8H2,1H3,(H3,18,21,22)(H2,19,20,23). The minimum Gasteiger partial charge on any atom is -0.495 e. The number of ether oxygens (including phenoxy) is 1. The number of nitrogens with two attached hydrogens (primary N) is 1. The molecule has 24 heavy (non-hydrogen) atoms. The minimum absolute atomic E-state index is 0.330. The third-order valence-corrected chi connectivity index (χ3v) is 3.81. The Labute approximate surface area is 143 Å². The number of nitrogens with zero attached hydrogens (tertiary/aromatic N) is 1. The van der Waals surface area contributed by atoms with Crippen molar-refractivity contribution >= 4 is 40.0 Å². The highest BCUT2D eigenvalue weighted by molar-refractivity contribution is 6.32. The number of fused-ring (bicyclic) bond motifs is 1. The first-order valence-corrected chi connectivity index (χ1v) is 7.55. The van der Waals surface area contributed by atoms with Gasteiger partial charge in [0, 0.05) is 17.6 Å². The molecule has 0 unspecified atom stereocenters. The Hall–Kier alpha value is -2.93. The fourth-order valence-electron chi connectivity index (χ4n) is 2.29. The molecular weight excluding hydrogens is 330 g/mol. The van der Waals surface area contributed by atoms with E-state index in [9.17, 15) is 4.79 Å². The topological polar surface area (TPSA) is 105 Å². The summed E-state index contributed by atoms with van der Waals surface area (Å²) in [6.45, 7) is 0.339. The molecule has 0 bridgehead atoms. The summed E-state index contributed by atoms with van der Waals surface area (Å²) in [6, 6.07) is 10.3. The third-order valence-electron chi connectivity index (χ3n) is 3.52. The van der Waals surface area contributed by atoms with Crippen LogP contribution in [0, 0.1) is 0 Å². The summed E-state index contributed by atoms with van der Waals surface area (Å²) in [6.07, 6.45) is 0. The van der Waals surface area contributed by atoms with E-state index in [4.69, 9.17) is 22.1 Å². The number of aromatic nitrogens is 2. The number of nitrogens with one attached hydrogen (secondary N) is 3. The van der Waals surface area contributed by atoms with Crippen LogP contribution >= 0.6 is 11.6 Å². The molecule has 3 aromatic rings. The smallest absolute Gasteiger partial charge is 0.319 e. The van der Waals surface area contributed by atoms with Gasteiger partial charge in [-0.05, 0) is 35.9 Å². The SMILES string of the molecule is COc1ccc(CNC(=O)Nc2ccc3[nH]nc(N)c3c2)cc1Cl. The third kappa shape index (κ3) is 3.36. The summed E-state index contributed by atoms with van der Waals surface area (Å²) < 4.78 is 5.09. The molecule has 0 aliphatic carbocycles. The van der Waals surface area contributed by atoms with E-state index >= 15 is 0 Å². The first kappa shape index (κ1) is 15.9. The van der Waals surface area contributed by atoms with Crippen LogP contribution in [0.5, 0.6) is 5.75 Å². The monoisotopic (exact) mass is 345 g/mol. The Balaban J connectivity index is 1.62. The number of hydrogen-bond acceptors (Lipinski definition) is 4. The van der Waals surface area contributed by atoms with Gasteiger partial charge >= 0.3 is 6.03 Å². The van der Waals surface area contributed by atoms with Crippen LogP contribution in [0.1, 0.15) is 5.56 Å². The molecule has 7 nitrogen and oxygen atoms in total. The van der Waals surface area contributed by atoms with Crippen molar-refractivity contribution in [2.75, 3.05) is 18.2 Å². The lowest BCUT2D eigenvalue weighted by Gasteiger charge is -2.09. The Kier molecular flexibility index (Phi) is 4.43. The van der Waals surface area contributed by atoms with E-state index in [1.54, 1.807) is 37.4 Å². The Morgan fingerprint density at radius 2 is 2.17 bits per heavy atom. The van der Waals surface area contributed by atoms with E-state index in [1.807, 2.05) is 6.07 Å². The zero-order valence-corrected chi connectivity index (χ0v) is 13.6. The molecule has 0 aliphatic heterocycles. The van der Waals surface area contributed by atoms with Crippen LogP contribution in [-0.4, -0.2) is 23.3 Å². The summed E-state index contributed by atoms with van der Waals surface area (Å²) in [5, 5.41) is 13.5. The van der Waals surface area contributed by atoms with E-state index in [1.165, 1.54) is 0 Å². The lowest BCUT2D eigenvalue weighted by Crippen LogP contribution is -2.28. The number of H-pyrrole nitrogens is 1. The molecule has 124 valence electrons. The van der Waals surface area contributed by atoms with E-state index in [2.05, 4.69) is 20.8 Å². The predicted octanol–water partition coefficient (Wildman–Crippen LogP) is 3.13. The van der Waals surface area contributed by atoms with Crippen LogP contribution in [0.4, 0.5) is 16.3 Å². The van der Waals surface area contributed by atoms with Crippen LogP contribution in [0.25, 0.3) is 10.9 Å². The second-order valence-corrected chi connectivity index (χ2v) is 5.55. The van der Waals surface area contributed by atoms with Crippen molar-refractivity contribution in [3.8, 4) is 5.75 Å². The van der Waals surface area contributed by atoms with Gasteiger partial charge in [0.1, 0.15) is 5.75 Å². The van der Waals surface area contributed by atoms with Crippen LogP contribution < -0.4 is 21.1 Å². The van der Waals surface area contributed by atoms with E-state index < -0.39 is 0 Å². The molecule has 3 rings (SSSR count). The maximum Gasteiger partial charge on any atom is 0.319 e. The van der Waals surface area contributed by atoms with Gasteiger partial charge < -0.3 is 21.1 Å². The number of halogens is 1. The number of nitrogen functional groups attached to an aromatic ring is 1. The molecule has 0 saturated carbocycles. The number of urea groups is 1. The number of benzene rings is 2. The van der Waals surface area contributed by atoms with Crippen LogP contribution in [0.15, 0.2) is 36.4 Å². The highest BCUT2D eigenvalue weighted by Crippen LogP contribution is 2.25. The summed E-state index contributed by atoms with van der Waals surface area (Å²) in [5.41, 5.74) is 8.06. The largest absolute Gasteiger partial charge is 0.495 e. The molecule has 0 spiro atoms. The second-order valence-electron chi connectivity index (χ2n) is 5.15. The van der Waals surface area contributed by atoms with Crippen molar-refractivity contribution < 1.29 is 9.53 Å². The maximum absolute atomic E-state index is 12.0. The molecule has 0 atom stereocenters. The van der Waals surface area contributed by atoms with E-state index in [-0.39, 0.29) is 6.03 Å². The number of methoxy groups -OCH3 is 1. The van der Waals surface area contributed by atoms with Gasteiger partial charge in [-0.25, -0.2) is 4.79 Å². The number of carbonyl (C=O) groups excluding carboxylic acids is 1. The first-order valence-electron chi connectivity index (χ1n) is 7.17. The zero-order chi connectivity index (χ0) is 17.1. The highest BCUT2D eigenvalue weighted by Gasteiger charge is 2.07. The quantitative estimate of drug-likeness (QED) is 0.583. The molecular formula is C16H16ClN5O2. The van der Waals surface area contributed by atoms with Crippen molar-refractivity contribution in [2.45, 2.75) is 6.54 Å². The normalized spacial score (nSPS) is 10.6. The lowest BCUT2D eigenvalue weighted by atomic mass is 10.2. The van der Waals surface area contributed by atoms with Gasteiger partial charge in [-0.3, -0.25) is 5.10 Å². The van der Waals surface area contributed by atoms with Crippen LogP contribution in [0.3, 0.4) is 0 Å². The fourth-order valence-corrected chi connectivity index (χ4v) is 2.57. The van der Waals surface area contributed by atoms with Crippen LogP contribution in [0.2, 0.25) is 5.02 Å². The van der Waals surface area contributed by atoms with Gasteiger partial charge in [0.15, 0.2) is 5.82 Å². The second kappa shape index (κ2) is 6.67. The Morgan fingerprint density at radius 3 is 2.92 bits per heavy atom. The average Bonchev–Trinajstić information content (AvgIpc) is 2.94. The van der Waals surface area contributed by atoms with Gasteiger partial charge in [0.2, 0.25) is 0 Å².